The van der Waals surface area contributed by atoms with E-state index in [1.54, 1.807) is 29.4 Å². The molecule has 2 atom stereocenters. The van der Waals surface area contributed by atoms with E-state index in [0.717, 1.165) is 43.8 Å². The molecule has 0 bridgehead atoms. The minimum atomic E-state index is -0.668. The second-order valence-corrected chi connectivity index (χ2v) is 8.61. The van der Waals surface area contributed by atoms with Gasteiger partial charge in [0.05, 0.1) is 11.6 Å². The van der Waals surface area contributed by atoms with Crippen molar-refractivity contribution >= 4 is 17.4 Å². The summed E-state index contributed by atoms with van der Waals surface area (Å²) in [6.45, 7) is 9.32. The molecule has 7 nitrogen and oxygen atoms in total. The number of hydrogen-bond donors (Lipinski definition) is 1. The maximum absolute atomic E-state index is 13.1. The third-order valence-corrected chi connectivity index (χ3v) is 6.48. The third-order valence-electron chi connectivity index (χ3n) is 6.48. The first-order chi connectivity index (χ1) is 15.9. The number of carbonyl (C=O) groups is 2. The van der Waals surface area contributed by atoms with Gasteiger partial charge in [-0.15, -0.1) is 0 Å². The first kappa shape index (κ1) is 23.0. The van der Waals surface area contributed by atoms with Crippen LogP contribution in [0.5, 0.6) is 5.75 Å². The number of likely N-dealkylation sites (tertiary alicyclic amines) is 1. The third kappa shape index (κ3) is 4.50. The molecule has 0 radical (unpaired) electrons. The highest BCUT2D eigenvalue weighted by Gasteiger charge is 2.46. The fraction of sp³-hybridized carbons (Fsp3) is 0.423. The van der Waals surface area contributed by atoms with E-state index in [2.05, 4.69) is 23.7 Å². The van der Waals surface area contributed by atoms with Crippen LogP contribution in [0.1, 0.15) is 49.9 Å². The van der Waals surface area contributed by atoms with E-state index < -0.39 is 17.7 Å². The highest BCUT2D eigenvalue weighted by Crippen LogP contribution is 2.40. The molecule has 2 aliphatic rings. The molecule has 33 heavy (non-hydrogen) atoms. The van der Waals surface area contributed by atoms with Gasteiger partial charge in [-0.1, -0.05) is 19.9 Å². The zero-order valence-electron chi connectivity index (χ0n) is 19.5. The average molecular weight is 450 g/mol. The van der Waals surface area contributed by atoms with Crippen molar-refractivity contribution in [2.24, 2.45) is 0 Å². The quantitative estimate of drug-likeness (QED) is 0.377. The number of benzene rings is 1. The lowest BCUT2D eigenvalue weighted by atomic mass is 9.95. The van der Waals surface area contributed by atoms with Crippen molar-refractivity contribution in [1.29, 1.82) is 0 Å². The smallest absolute Gasteiger partial charge is 0.295 e. The Morgan fingerprint density at radius 3 is 2.73 bits per heavy atom. The van der Waals surface area contributed by atoms with Gasteiger partial charge in [-0.25, -0.2) is 0 Å². The molecule has 1 fully saturated rings. The molecule has 3 heterocycles. The zero-order valence-corrected chi connectivity index (χ0v) is 19.5. The number of aliphatic hydroxyl groups excluding tert-OH is 1. The van der Waals surface area contributed by atoms with Crippen LogP contribution in [0, 0.1) is 0 Å². The van der Waals surface area contributed by atoms with Crippen molar-refractivity contribution in [1.82, 2.24) is 14.8 Å². The van der Waals surface area contributed by atoms with Crippen LogP contribution in [0.2, 0.25) is 0 Å². The van der Waals surface area contributed by atoms with Gasteiger partial charge in [0.1, 0.15) is 17.6 Å². The lowest BCUT2D eigenvalue weighted by molar-refractivity contribution is -0.140. The summed E-state index contributed by atoms with van der Waals surface area (Å²) in [6.07, 6.45) is 4.85. The summed E-state index contributed by atoms with van der Waals surface area (Å²) >= 11 is 0. The van der Waals surface area contributed by atoms with Crippen LogP contribution in [0.15, 0.2) is 48.3 Å². The first-order valence-electron chi connectivity index (χ1n) is 11.6. The molecule has 0 saturated carbocycles. The van der Waals surface area contributed by atoms with Crippen molar-refractivity contribution in [2.45, 2.75) is 45.8 Å². The fourth-order valence-electron chi connectivity index (χ4n) is 4.72. The second kappa shape index (κ2) is 9.75. The van der Waals surface area contributed by atoms with Crippen LogP contribution in [0.25, 0.3) is 5.76 Å². The number of pyridine rings is 1. The number of amides is 1. The van der Waals surface area contributed by atoms with E-state index in [4.69, 9.17) is 4.74 Å². The van der Waals surface area contributed by atoms with Gasteiger partial charge >= 0.3 is 0 Å². The SMILES string of the molecule is CCN(CC)CCCN1C(=O)C(=O)C(=C(O)c2ccc3c(c2)C[C@H](C)O3)[C@@H]1c1cccnc1. The van der Waals surface area contributed by atoms with Crippen LogP contribution < -0.4 is 4.74 Å². The van der Waals surface area contributed by atoms with E-state index in [-0.39, 0.29) is 17.4 Å². The van der Waals surface area contributed by atoms with Crippen molar-refractivity contribution in [3.05, 3.63) is 65.0 Å². The predicted octanol–water partition coefficient (Wildman–Crippen LogP) is 3.56. The Balaban J connectivity index is 1.71. The van der Waals surface area contributed by atoms with Crippen molar-refractivity contribution in [2.75, 3.05) is 26.2 Å². The van der Waals surface area contributed by atoms with Gasteiger partial charge in [0.2, 0.25) is 0 Å². The molecular formula is C26H31N3O4. The Morgan fingerprint density at radius 2 is 2.03 bits per heavy atom. The van der Waals surface area contributed by atoms with Gasteiger partial charge in [0.25, 0.3) is 11.7 Å². The summed E-state index contributed by atoms with van der Waals surface area (Å²) in [5.41, 5.74) is 2.32. The summed E-state index contributed by atoms with van der Waals surface area (Å²) in [5, 5.41) is 11.3. The molecule has 1 N–H and O–H groups in total. The molecule has 2 aromatic rings. The summed E-state index contributed by atoms with van der Waals surface area (Å²) in [6, 6.07) is 8.35. The normalized spacial score (nSPS) is 21.5. The van der Waals surface area contributed by atoms with Crippen LogP contribution in [-0.4, -0.2) is 63.9 Å². The van der Waals surface area contributed by atoms with Crippen molar-refractivity contribution in [3.63, 3.8) is 0 Å². The van der Waals surface area contributed by atoms with E-state index in [0.29, 0.717) is 17.7 Å². The molecule has 0 unspecified atom stereocenters. The van der Waals surface area contributed by atoms with E-state index in [1.165, 1.54) is 0 Å². The zero-order chi connectivity index (χ0) is 23.5. The summed E-state index contributed by atoms with van der Waals surface area (Å²) in [4.78, 5) is 34.3. The topological polar surface area (TPSA) is 83.0 Å². The number of fused-ring (bicyclic) bond motifs is 1. The molecule has 174 valence electrons. The van der Waals surface area contributed by atoms with Crippen LogP contribution >= 0.6 is 0 Å². The lowest BCUT2D eigenvalue weighted by Crippen LogP contribution is -2.33. The number of ketones is 1. The Bertz CT molecular complexity index is 1060. The molecule has 1 amide bonds. The molecule has 4 rings (SSSR count). The van der Waals surface area contributed by atoms with Crippen LogP contribution in [0.3, 0.4) is 0 Å². The number of ether oxygens (including phenoxy) is 1. The highest BCUT2D eigenvalue weighted by atomic mass is 16.5. The fourth-order valence-corrected chi connectivity index (χ4v) is 4.72. The summed E-state index contributed by atoms with van der Waals surface area (Å²) < 4.78 is 5.76. The molecule has 7 heteroatoms. The van der Waals surface area contributed by atoms with Gasteiger partial charge in [-0.2, -0.15) is 0 Å². The molecule has 1 aromatic heterocycles. The van der Waals surface area contributed by atoms with E-state index in [9.17, 15) is 14.7 Å². The maximum Gasteiger partial charge on any atom is 0.295 e. The highest BCUT2D eigenvalue weighted by molar-refractivity contribution is 6.46. The average Bonchev–Trinajstić information content (AvgIpc) is 3.32. The number of hydrogen-bond acceptors (Lipinski definition) is 6. The Hall–Kier alpha value is -3.19. The summed E-state index contributed by atoms with van der Waals surface area (Å²) in [5.74, 6) is -0.604. The largest absolute Gasteiger partial charge is 0.507 e. The molecule has 0 aliphatic carbocycles. The minimum absolute atomic E-state index is 0.0733. The van der Waals surface area contributed by atoms with Crippen LogP contribution in [0.4, 0.5) is 0 Å². The molecular weight excluding hydrogens is 418 g/mol. The van der Waals surface area contributed by atoms with E-state index >= 15 is 0 Å². The number of rotatable bonds is 8. The lowest BCUT2D eigenvalue weighted by Gasteiger charge is -2.26. The molecule has 2 aliphatic heterocycles. The van der Waals surface area contributed by atoms with E-state index in [1.807, 2.05) is 25.1 Å². The maximum atomic E-state index is 13.1. The molecule has 1 saturated heterocycles. The summed E-state index contributed by atoms with van der Waals surface area (Å²) in [7, 11) is 0. The van der Waals surface area contributed by atoms with Gasteiger partial charge in [0, 0.05) is 30.9 Å². The van der Waals surface area contributed by atoms with Crippen LogP contribution in [-0.2, 0) is 16.0 Å². The predicted molar refractivity (Wildman–Crippen MR) is 126 cm³/mol. The second-order valence-electron chi connectivity index (χ2n) is 8.61. The Morgan fingerprint density at radius 1 is 1.24 bits per heavy atom. The van der Waals surface area contributed by atoms with Gasteiger partial charge in [-0.3, -0.25) is 14.6 Å². The molecule has 0 spiro atoms. The Kier molecular flexibility index (Phi) is 6.79. The number of Topliss-reactive ketones (excluding diaryl/α,β-unsaturated/α-hetero) is 1. The van der Waals surface area contributed by atoms with Gasteiger partial charge < -0.3 is 19.6 Å². The minimum Gasteiger partial charge on any atom is -0.507 e. The number of aliphatic hydroxyl groups is 1. The standard InChI is InChI=1S/C26H31N3O4/c1-4-28(5-2)12-7-13-29-23(19-8-6-11-27-16-19)22(25(31)26(29)32)24(30)18-9-10-21-20(15-18)14-17(3)33-21/h6,8-11,15-17,23,30H,4-5,7,12-14H2,1-3H3/t17-,23-/m0/s1. The molecule has 1 aromatic carbocycles. The first-order valence-corrected chi connectivity index (χ1v) is 11.6. The number of carbonyl (C=O) groups excluding carboxylic acids is 2. The van der Waals surface area contributed by atoms with Crippen molar-refractivity contribution < 1.29 is 19.4 Å². The number of aromatic nitrogens is 1. The Labute approximate surface area is 194 Å². The monoisotopic (exact) mass is 449 g/mol. The number of nitrogens with zero attached hydrogens (tertiary/aromatic N) is 3. The van der Waals surface area contributed by atoms with Gasteiger partial charge in [0.15, 0.2) is 0 Å². The van der Waals surface area contributed by atoms with Crippen molar-refractivity contribution in [3.8, 4) is 5.75 Å². The van der Waals surface area contributed by atoms with Gasteiger partial charge in [-0.05, 0) is 68.4 Å².